The van der Waals surface area contributed by atoms with E-state index in [1.165, 1.54) is 6.07 Å². The summed E-state index contributed by atoms with van der Waals surface area (Å²) in [5.74, 6) is -2.60. The molecule has 0 fully saturated rings. The molecule has 4 atom stereocenters. The van der Waals surface area contributed by atoms with Gasteiger partial charge in [0.1, 0.15) is 18.8 Å². The summed E-state index contributed by atoms with van der Waals surface area (Å²) in [6.07, 6.45) is 2.41. The summed E-state index contributed by atoms with van der Waals surface area (Å²) in [5.41, 5.74) is 6.65. The van der Waals surface area contributed by atoms with Crippen LogP contribution in [0, 0.1) is 17.8 Å². The van der Waals surface area contributed by atoms with Crippen molar-refractivity contribution in [3.05, 3.63) is 23.8 Å². The summed E-state index contributed by atoms with van der Waals surface area (Å²) < 4.78 is 21.5. The standard InChI is InChI=1S/C28H43NO8/c1-8-10-18(5)26(31)36-23-13-12-21(15-24(23)37-27(32)19(6)11-9-2)14-22(29)28(33)35-20(7)16-34-25(30)17(3)4/h12-13,15,17-20,22H,8-11,14,16,29H2,1-7H3/t18?,19?,20-,22-/m0/s1. The first-order valence-corrected chi connectivity index (χ1v) is 13.1. The van der Waals surface area contributed by atoms with Gasteiger partial charge in [0.15, 0.2) is 11.5 Å². The highest BCUT2D eigenvalue weighted by molar-refractivity contribution is 5.79. The molecule has 0 spiro atoms. The van der Waals surface area contributed by atoms with Crippen LogP contribution in [0.1, 0.15) is 79.7 Å². The van der Waals surface area contributed by atoms with Gasteiger partial charge in [-0.1, -0.05) is 60.5 Å². The molecule has 1 aromatic carbocycles. The number of hydrogen-bond acceptors (Lipinski definition) is 9. The average Bonchev–Trinajstić information content (AvgIpc) is 2.83. The Morgan fingerprint density at radius 2 is 1.32 bits per heavy atom. The van der Waals surface area contributed by atoms with Crippen LogP contribution in [0.15, 0.2) is 18.2 Å². The van der Waals surface area contributed by atoms with Crippen LogP contribution in [-0.4, -0.2) is 42.6 Å². The molecule has 9 nitrogen and oxygen atoms in total. The Morgan fingerprint density at radius 1 is 0.784 bits per heavy atom. The summed E-state index contributed by atoms with van der Waals surface area (Å²) in [5, 5.41) is 0. The molecule has 0 aliphatic carbocycles. The van der Waals surface area contributed by atoms with E-state index in [-0.39, 0.29) is 48.2 Å². The van der Waals surface area contributed by atoms with E-state index in [1.54, 1.807) is 46.8 Å². The first-order valence-electron chi connectivity index (χ1n) is 13.1. The van der Waals surface area contributed by atoms with Crippen molar-refractivity contribution < 1.29 is 38.1 Å². The molecule has 37 heavy (non-hydrogen) atoms. The van der Waals surface area contributed by atoms with Crippen LogP contribution in [0.4, 0.5) is 0 Å². The second-order valence-corrected chi connectivity index (χ2v) is 9.85. The maximum absolute atomic E-state index is 12.6. The monoisotopic (exact) mass is 521 g/mol. The van der Waals surface area contributed by atoms with E-state index in [9.17, 15) is 19.2 Å². The lowest BCUT2D eigenvalue weighted by atomic mass is 10.0. The fourth-order valence-corrected chi connectivity index (χ4v) is 3.39. The lowest BCUT2D eigenvalue weighted by Gasteiger charge is -2.19. The molecule has 0 aromatic heterocycles. The van der Waals surface area contributed by atoms with Gasteiger partial charge in [-0.05, 0) is 43.9 Å². The summed E-state index contributed by atoms with van der Waals surface area (Å²) in [6, 6.07) is 3.72. The van der Waals surface area contributed by atoms with Gasteiger partial charge in [-0.2, -0.15) is 0 Å². The number of ether oxygens (including phenoxy) is 4. The second kappa shape index (κ2) is 16.0. The summed E-state index contributed by atoms with van der Waals surface area (Å²) in [7, 11) is 0. The highest BCUT2D eigenvalue weighted by Gasteiger charge is 2.24. The predicted molar refractivity (Wildman–Crippen MR) is 139 cm³/mol. The molecule has 0 heterocycles. The Kier molecular flexibility index (Phi) is 13.9. The number of nitrogens with two attached hydrogens (primary N) is 1. The lowest BCUT2D eigenvalue weighted by Crippen LogP contribution is -2.37. The first kappa shape index (κ1) is 32.1. The number of rotatable bonds is 15. The molecular formula is C28H43NO8. The maximum atomic E-state index is 12.6. The van der Waals surface area contributed by atoms with Crippen LogP contribution >= 0.6 is 0 Å². The molecule has 9 heteroatoms. The minimum absolute atomic E-state index is 0.0674. The van der Waals surface area contributed by atoms with Crippen molar-refractivity contribution in [3.8, 4) is 11.5 Å². The van der Waals surface area contributed by atoms with Gasteiger partial charge in [-0.25, -0.2) is 0 Å². The fourth-order valence-electron chi connectivity index (χ4n) is 3.39. The number of benzene rings is 1. The molecule has 208 valence electrons. The number of hydrogen-bond donors (Lipinski definition) is 1. The van der Waals surface area contributed by atoms with Gasteiger partial charge in [0.25, 0.3) is 0 Å². The van der Waals surface area contributed by atoms with Crippen LogP contribution in [0.5, 0.6) is 11.5 Å². The topological polar surface area (TPSA) is 131 Å². The zero-order valence-electron chi connectivity index (χ0n) is 23.2. The third-order valence-corrected chi connectivity index (χ3v) is 5.68. The third kappa shape index (κ3) is 11.3. The smallest absolute Gasteiger partial charge is 0.323 e. The van der Waals surface area contributed by atoms with E-state index in [4.69, 9.17) is 24.7 Å². The minimum Gasteiger partial charge on any atom is -0.462 e. The van der Waals surface area contributed by atoms with Gasteiger partial charge in [-0.15, -0.1) is 0 Å². The van der Waals surface area contributed by atoms with Crippen molar-refractivity contribution in [1.29, 1.82) is 0 Å². The quantitative estimate of drug-likeness (QED) is 0.264. The molecule has 2 unspecified atom stereocenters. The zero-order chi connectivity index (χ0) is 28.1. The normalized spacial score (nSPS) is 14.3. The Hall–Kier alpha value is -2.94. The van der Waals surface area contributed by atoms with E-state index in [0.29, 0.717) is 18.4 Å². The van der Waals surface area contributed by atoms with Crippen molar-refractivity contribution in [2.75, 3.05) is 6.61 Å². The van der Waals surface area contributed by atoms with Crippen LogP contribution in [0.25, 0.3) is 0 Å². The molecule has 2 N–H and O–H groups in total. The van der Waals surface area contributed by atoms with Gasteiger partial charge >= 0.3 is 23.9 Å². The first-order chi connectivity index (χ1) is 17.4. The Bertz CT molecular complexity index is 913. The Labute approximate surface area is 220 Å². The van der Waals surface area contributed by atoms with Crippen LogP contribution < -0.4 is 15.2 Å². The minimum atomic E-state index is -1.01. The Balaban J connectivity index is 2.97. The second-order valence-electron chi connectivity index (χ2n) is 9.85. The van der Waals surface area contributed by atoms with E-state index in [0.717, 1.165) is 12.8 Å². The number of carbonyl (C=O) groups excluding carboxylic acids is 4. The van der Waals surface area contributed by atoms with E-state index >= 15 is 0 Å². The van der Waals surface area contributed by atoms with E-state index < -0.39 is 30.1 Å². The molecule has 0 bridgehead atoms. The average molecular weight is 522 g/mol. The van der Waals surface area contributed by atoms with Crippen molar-refractivity contribution in [1.82, 2.24) is 0 Å². The molecule has 0 amide bonds. The third-order valence-electron chi connectivity index (χ3n) is 5.68. The van der Waals surface area contributed by atoms with Gasteiger partial charge < -0.3 is 24.7 Å². The van der Waals surface area contributed by atoms with Gasteiger partial charge in [-0.3, -0.25) is 19.2 Å². The molecular weight excluding hydrogens is 478 g/mol. The van der Waals surface area contributed by atoms with Crippen LogP contribution in [0.3, 0.4) is 0 Å². The van der Waals surface area contributed by atoms with Crippen molar-refractivity contribution in [3.63, 3.8) is 0 Å². The Morgan fingerprint density at radius 3 is 1.84 bits per heavy atom. The molecule has 0 aliphatic heterocycles. The molecule has 0 saturated heterocycles. The van der Waals surface area contributed by atoms with Crippen molar-refractivity contribution in [2.24, 2.45) is 23.5 Å². The van der Waals surface area contributed by atoms with Crippen molar-refractivity contribution >= 4 is 23.9 Å². The molecule has 0 radical (unpaired) electrons. The molecule has 0 aliphatic rings. The van der Waals surface area contributed by atoms with Gasteiger partial charge in [0.05, 0.1) is 17.8 Å². The van der Waals surface area contributed by atoms with Crippen molar-refractivity contribution in [2.45, 2.75) is 92.7 Å². The lowest BCUT2D eigenvalue weighted by molar-refractivity contribution is -0.160. The number of esters is 4. The van der Waals surface area contributed by atoms with Crippen LogP contribution in [0.2, 0.25) is 0 Å². The largest absolute Gasteiger partial charge is 0.462 e. The molecule has 1 aromatic rings. The van der Waals surface area contributed by atoms with Gasteiger partial charge in [0.2, 0.25) is 0 Å². The zero-order valence-corrected chi connectivity index (χ0v) is 23.2. The molecule has 0 saturated carbocycles. The maximum Gasteiger partial charge on any atom is 0.323 e. The summed E-state index contributed by atoms with van der Waals surface area (Å²) in [6.45, 7) is 12.5. The van der Waals surface area contributed by atoms with E-state index in [2.05, 4.69) is 0 Å². The van der Waals surface area contributed by atoms with Crippen LogP contribution in [-0.2, 0) is 35.1 Å². The van der Waals surface area contributed by atoms with E-state index in [1.807, 2.05) is 13.8 Å². The SMILES string of the molecule is CCCC(C)C(=O)Oc1ccc(C[C@H](N)C(=O)O[C@@H](C)COC(=O)C(C)C)cc1OC(=O)C(C)CCC. The fraction of sp³-hybridized carbons (Fsp3) is 0.643. The summed E-state index contributed by atoms with van der Waals surface area (Å²) >= 11 is 0. The predicted octanol–water partition coefficient (Wildman–Crippen LogP) is 4.37. The number of carbonyl (C=O) groups is 4. The summed E-state index contributed by atoms with van der Waals surface area (Å²) in [4.78, 5) is 49.2. The van der Waals surface area contributed by atoms with Gasteiger partial charge in [0, 0.05) is 0 Å². The molecule has 1 rings (SSSR count). The highest BCUT2D eigenvalue weighted by Crippen LogP contribution is 2.31. The highest BCUT2D eigenvalue weighted by atomic mass is 16.6.